The molecule has 0 aromatic rings. The highest BCUT2D eigenvalue weighted by molar-refractivity contribution is 14.0. The lowest BCUT2D eigenvalue weighted by Gasteiger charge is -2.55. The van der Waals surface area contributed by atoms with Crippen LogP contribution < -0.4 is 5.32 Å². The minimum absolute atomic E-state index is 0. The number of nitrogens with zero attached hydrogens (tertiary/aromatic N) is 2. The molecule has 3 fully saturated rings. The number of ether oxygens (including phenoxy) is 2. The van der Waals surface area contributed by atoms with Crippen molar-refractivity contribution < 1.29 is 14.3 Å². The van der Waals surface area contributed by atoms with Gasteiger partial charge in [0.25, 0.3) is 0 Å². The molecule has 2 saturated heterocycles. The van der Waals surface area contributed by atoms with Crippen LogP contribution >= 0.6 is 24.0 Å². The summed E-state index contributed by atoms with van der Waals surface area (Å²) in [5, 5.41) is 3.65. The van der Waals surface area contributed by atoms with E-state index in [9.17, 15) is 4.79 Å². The summed E-state index contributed by atoms with van der Waals surface area (Å²) in [6.45, 7) is 8.98. The molecule has 138 valence electrons. The van der Waals surface area contributed by atoms with Crippen LogP contribution in [0.5, 0.6) is 0 Å². The third-order valence-electron chi connectivity index (χ3n) is 6.01. The number of halogens is 1. The minimum atomic E-state index is -0.122. The van der Waals surface area contributed by atoms with Gasteiger partial charge in [-0.25, -0.2) is 0 Å². The van der Waals surface area contributed by atoms with Crippen LogP contribution in [0.15, 0.2) is 4.99 Å². The van der Waals surface area contributed by atoms with Crippen molar-refractivity contribution in [1.29, 1.82) is 0 Å². The Morgan fingerprint density at radius 1 is 1.38 bits per heavy atom. The maximum atomic E-state index is 11.9. The van der Waals surface area contributed by atoms with Crippen molar-refractivity contribution in [2.24, 2.45) is 28.2 Å². The van der Waals surface area contributed by atoms with Gasteiger partial charge in [0.2, 0.25) is 0 Å². The molecule has 1 saturated carbocycles. The van der Waals surface area contributed by atoms with E-state index in [0.29, 0.717) is 24.6 Å². The zero-order valence-electron chi connectivity index (χ0n) is 15.2. The predicted octanol–water partition coefficient (Wildman–Crippen LogP) is 1.73. The highest BCUT2D eigenvalue weighted by atomic mass is 127. The highest BCUT2D eigenvalue weighted by Gasteiger charge is 2.59. The Bertz CT molecular complexity index is 511. The first-order chi connectivity index (χ1) is 10.9. The number of hydrogen-bond donors (Lipinski definition) is 1. The maximum Gasteiger partial charge on any atom is 0.310 e. The lowest BCUT2D eigenvalue weighted by molar-refractivity contribution is -0.146. The number of carbonyl (C=O) groups excluding carboxylic acids is 1. The lowest BCUT2D eigenvalue weighted by atomic mass is 9.57. The lowest BCUT2D eigenvalue weighted by Crippen LogP contribution is -2.68. The largest absolute Gasteiger partial charge is 0.469 e. The third kappa shape index (κ3) is 3.13. The molecule has 24 heavy (non-hydrogen) atoms. The topological polar surface area (TPSA) is 63.2 Å². The summed E-state index contributed by atoms with van der Waals surface area (Å²) in [6, 6.07) is 0.376. The SMILES string of the molecule is CN=C(NC1C2CCOC2C1(C)C)N1CC(C)C(C(=O)OC)C1.I. The minimum Gasteiger partial charge on any atom is -0.469 e. The van der Waals surface area contributed by atoms with Crippen LogP contribution in [0.4, 0.5) is 0 Å². The van der Waals surface area contributed by atoms with E-state index in [1.807, 2.05) is 7.05 Å². The second-order valence-corrected chi connectivity index (χ2v) is 7.75. The van der Waals surface area contributed by atoms with E-state index in [4.69, 9.17) is 9.47 Å². The Balaban J connectivity index is 0.00000208. The zero-order valence-corrected chi connectivity index (χ0v) is 17.6. The molecule has 0 aromatic carbocycles. The Hall–Kier alpha value is -0.570. The van der Waals surface area contributed by atoms with Crippen molar-refractivity contribution >= 4 is 35.9 Å². The van der Waals surface area contributed by atoms with Crippen LogP contribution in [-0.4, -0.2) is 62.8 Å². The molecule has 0 radical (unpaired) electrons. The van der Waals surface area contributed by atoms with Crippen LogP contribution in [0.3, 0.4) is 0 Å². The number of likely N-dealkylation sites (tertiary alicyclic amines) is 1. The molecule has 6 nitrogen and oxygen atoms in total. The van der Waals surface area contributed by atoms with E-state index in [1.165, 1.54) is 7.11 Å². The van der Waals surface area contributed by atoms with Gasteiger partial charge in [0, 0.05) is 44.1 Å². The first-order valence-corrected chi connectivity index (χ1v) is 8.57. The molecular formula is C17H30IN3O3. The van der Waals surface area contributed by atoms with Crippen molar-refractivity contribution in [3.63, 3.8) is 0 Å². The molecule has 1 N–H and O–H groups in total. The number of rotatable bonds is 2. The summed E-state index contributed by atoms with van der Waals surface area (Å²) in [5.41, 5.74) is 0.115. The van der Waals surface area contributed by atoms with Crippen LogP contribution in [0, 0.1) is 23.2 Å². The third-order valence-corrected chi connectivity index (χ3v) is 6.01. The van der Waals surface area contributed by atoms with Gasteiger partial charge < -0.3 is 19.7 Å². The first-order valence-electron chi connectivity index (χ1n) is 8.57. The van der Waals surface area contributed by atoms with E-state index in [2.05, 4.69) is 36.0 Å². The van der Waals surface area contributed by atoms with Crippen LogP contribution in [0.1, 0.15) is 27.2 Å². The van der Waals surface area contributed by atoms with Gasteiger partial charge in [0.1, 0.15) is 0 Å². The molecule has 3 aliphatic rings. The molecule has 5 unspecified atom stereocenters. The fourth-order valence-electron chi connectivity index (χ4n) is 4.65. The number of carbonyl (C=O) groups is 1. The molecule has 1 aliphatic carbocycles. The average Bonchev–Trinajstić information content (AvgIpc) is 3.13. The zero-order chi connectivity index (χ0) is 16.8. The van der Waals surface area contributed by atoms with E-state index in [0.717, 1.165) is 25.5 Å². The Labute approximate surface area is 161 Å². The van der Waals surface area contributed by atoms with Gasteiger partial charge in [0.05, 0.1) is 19.1 Å². The molecule has 5 atom stereocenters. The normalized spacial score (nSPS) is 37.3. The van der Waals surface area contributed by atoms with Crippen molar-refractivity contribution in [3.8, 4) is 0 Å². The van der Waals surface area contributed by atoms with Crippen molar-refractivity contribution in [3.05, 3.63) is 0 Å². The molecule has 3 rings (SSSR count). The molecule has 0 bridgehead atoms. The quantitative estimate of drug-likeness (QED) is 0.300. The van der Waals surface area contributed by atoms with E-state index >= 15 is 0 Å². The molecule has 0 spiro atoms. The Morgan fingerprint density at radius 2 is 2.08 bits per heavy atom. The predicted molar refractivity (Wildman–Crippen MR) is 104 cm³/mol. The number of methoxy groups -OCH3 is 1. The van der Waals surface area contributed by atoms with Gasteiger partial charge in [-0.1, -0.05) is 20.8 Å². The summed E-state index contributed by atoms with van der Waals surface area (Å²) in [7, 11) is 3.27. The van der Waals surface area contributed by atoms with Gasteiger partial charge >= 0.3 is 5.97 Å². The van der Waals surface area contributed by atoms with Crippen molar-refractivity contribution in [1.82, 2.24) is 10.2 Å². The van der Waals surface area contributed by atoms with Crippen molar-refractivity contribution in [2.45, 2.75) is 39.3 Å². The van der Waals surface area contributed by atoms with Crippen LogP contribution in [-0.2, 0) is 14.3 Å². The molecular weight excluding hydrogens is 421 g/mol. The van der Waals surface area contributed by atoms with Gasteiger partial charge in [0.15, 0.2) is 5.96 Å². The van der Waals surface area contributed by atoms with Gasteiger partial charge in [-0.15, -0.1) is 24.0 Å². The van der Waals surface area contributed by atoms with E-state index in [1.54, 1.807) is 0 Å². The molecule has 0 aromatic heterocycles. The standard InChI is InChI=1S/C17H29N3O3.HI/c1-10-8-20(9-12(10)15(21)22-5)16(18-4)19-13-11-6-7-23-14(11)17(13,2)3;/h10-14H,6-9H2,1-5H3,(H,18,19);1H. The number of guanidine groups is 1. The molecule has 2 heterocycles. The van der Waals surface area contributed by atoms with Gasteiger partial charge in [-0.3, -0.25) is 9.79 Å². The second-order valence-electron chi connectivity index (χ2n) is 7.75. The van der Waals surface area contributed by atoms with E-state index < -0.39 is 0 Å². The number of nitrogens with one attached hydrogen (secondary N) is 1. The number of esters is 1. The second kappa shape index (κ2) is 7.35. The number of hydrogen-bond acceptors (Lipinski definition) is 4. The Kier molecular flexibility index (Phi) is 6.05. The molecule has 2 aliphatic heterocycles. The van der Waals surface area contributed by atoms with Gasteiger partial charge in [-0.05, 0) is 12.3 Å². The highest BCUT2D eigenvalue weighted by Crippen LogP contribution is 2.52. The monoisotopic (exact) mass is 451 g/mol. The summed E-state index contributed by atoms with van der Waals surface area (Å²) in [6.07, 6.45) is 1.47. The van der Waals surface area contributed by atoms with Crippen LogP contribution in [0.2, 0.25) is 0 Å². The Morgan fingerprint density at radius 3 is 2.71 bits per heavy atom. The van der Waals surface area contributed by atoms with E-state index in [-0.39, 0.29) is 47.2 Å². The summed E-state index contributed by atoms with van der Waals surface area (Å²) in [4.78, 5) is 18.5. The summed E-state index contributed by atoms with van der Waals surface area (Å²) < 4.78 is 10.8. The van der Waals surface area contributed by atoms with Crippen molar-refractivity contribution in [2.75, 3.05) is 33.9 Å². The fourth-order valence-corrected chi connectivity index (χ4v) is 4.65. The number of aliphatic imine (C=N–C) groups is 1. The maximum absolute atomic E-state index is 11.9. The fraction of sp³-hybridized carbons (Fsp3) is 0.882. The molecule has 0 amide bonds. The summed E-state index contributed by atoms with van der Waals surface area (Å²) >= 11 is 0. The molecule has 7 heteroatoms. The number of fused-ring (bicyclic) bond motifs is 1. The van der Waals surface area contributed by atoms with Gasteiger partial charge in [-0.2, -0.15) is 0 Å². The first kappa shape index (κ1) is 19.8. The smallest absolute Gasteiger partial charge is 0.310 e. The summed E-state index contributed by atoms with van der Waals surface area (Å²) in [5.74, 6) is 1.54. The average molecular weight is 451 g/mol. The van der Waals surface area contributed by atoms with Crippen LogP contribution in [0.25, 0.3) is 0 Å².